The Morgan fingerprint density at radius 2 is 1.90 bits per heavy atom. The van der Waals surface area contributed by atoms with Gasteiger partial charge in [0.25, 0.3) is 0 Å². The Kier molecular flexibility index (Phi) is 4.40. The summed E-state index contributed by atoms with van der Waals surface area (Å²) in [6, 6.07) is 7.64. The van der Waals surface area contributed by atoms with E-state index >= 15 is 0 Å². The lowest BCUT2D eigenvalue weighted by Crippen LogP contribution is -2.33. The van der Waals surface area contributed by atoms with E-state index in [-0.39, 0.29) is 5.78 Å². The fourth-order valence-corrected chi connectivity index (χ4v) is 3.85. The zero-order chi connectivity index (χ0) is 14.9. The van der Waals surface area contributed by atoms with E-state index < -0.39 is 5.60 Å². The van der Waals surface area contributed by atoms with Crippen LogP contribution in [0.1, 0.15) is 31.2 Å². The largest absolute Gasteiger partial charge is 0.477 e. The summed E-state index contributed by atoms with van der Waals surface area (Å²) in [5.74, 6) is 0.724. The van der Waals surface area contributed by atoms with Gasteiger partial charge in [0.15, 0.2) is 5.60 Å². The van der Waals surface area contributed by atoms with Crippen molar-refractivity contribution in [2.24, 2.45) is 0 Å². The van der Waals surface area contributed by atoms with Gasteiger partial charge in [-0.25, -0.2) is 4.89 Å². The number of ether oxygens (including phenoxy) is 1. The van der Waals surface area contributed by atoms with Crippen LogP contribution in [-0.4, -0.2) is 18.5 Å². The number of hydrogen-bond donors (Lipinski definition) is 0. The van der Waals surface area contributed by atoms with Crippen molar-refractivity contribution in [1.29, 1.82) is 0 Å². The lowest BCUT2D eigenvalue weighted by Gasteiger charge is -2.22. The van der Waals surface area contributed by atoms with Gasteiger partial charge >= 0.3 is 0 Å². The number of rotatable bonds is 4. The van der Waals surface area contributed by atoms with E-state index in [0.717, 1.165) is 48.2 Å². The van der Waals surface area contributed by atoms with Gasteiger partial charge in [0.05, 0.1) is 19.2 Å². The molecule has 0 radical (unpaired) electrons. The fraction of sp³-hybridized carbons (Fsp3) is 0.400. The van der Waals surface area contributed by atoms with Gasteiger partial charge in [0, 0.05) is 10.5 Å². The molecule has 0 saturated heterocycles. The van der Waals surface area contributed by atoms with Crippen LogP contribution in [0.25, 0.3) is 5.76 Å². The second kappa shape index (κ2) is 6.12. The van der Waals surface area contributed by atoms with Crippen LogP contribution in [-0.2, 0) is 18.8 Å². The number of halogens is 1. The first kappa shape index (κ1) is 15.1. The zero-order valence-corrected chi connectivity index (χ0v) is 14.0. The summed E-state index contributed by atoms with van der Waals surface area (Å²) >= 11 is 4.54. The molecule has 4 nitrogen and oxygen atoms in total. The minimum Gasteiger partial charge on any atom is -0.477 e. The highest BCUT2D eigenvalue weighted by molar-refractivity contribution is 9.12. The quantitative estimate of drug-likeness (QED) is 0.450. The third-order valence-corrected chi connectivity index (χ3v) is 5.22. The molecule has 1 aliphatic heterocycles. The van der Waals surface area contributed by atoms with E-state index in [9.17, 15) is 4.79 Å². The number of Topliss-reactive ketones (excluding diaryl/α,β-unsaturated/α-hetero) is 1. The van der Waals surface area contributed by atoms with Gasteiger partial charge in [0.1, 0.15) is 10.2 Å². The molecule has 6 heteroatoms. The van der Waals surface area contributed by atoms with Crippen LogP contribution in [0.2, 0.25) is 0 Å². The van der Waals surface area contributed by atoms with Crippen molar-refractivity contribution in [3.8, 4) is 0 Å². The van der Waals surface area contributed by atoms with E-state index in [0.29, 0.717) is 10.2 Å². The smallest absolute Gasteiger partial charge is 0.217 e. The summed E-state index contributed by atoms with van der Waals surface area (Å²) in [6.07, 6.45) is 3.70. The van der Waals surface area contributed by atoms with Gasteiger partial charge in [-0.2, -0.15) is 4.33 Å². The fourth-order valence-electron chi connectivity index (χ4n) is 2.79. The predicted octanol–water partition coefficient (Wildman–Crippen LogP) is 4.25. The topological polar surface area (TPSA) is 44.8 Å². The van der Waals surface area contributed by atoms with Crippen molar-refractivity contribution in [1.82, 2.24) is 0 Å². The van der Waals surface area contributed by atoms with Gasteiger partial charge in [-0.1, -0.05) is 12.1 Å². The van der Waals surface area contributed by atoms with E-state index in [2.05, 4.69) is 20.8 Å². The summed E-state index contributed by atoms with van der Waals surface area (Å²) in [4.78, 5) is 17.9. The van der Waals surface area contributed by atoms with E-state index in [4.69, 9.17) is 9.07 Å². The molecule has 1 fully saturated rings. The lowest BCUT2D eigenvalue weighted by atomic mass is 9.98. The first-order valence-corrected chi connectivity index (χ1v) is 8.31. The Morgan fingerprint density at radius 3 is 2.52 bits per heavy atom. The van der Waals surface area contributed by atoms with Crippen molar-refractivity contribution >= 4 is 39.5 Å². The number of carbonyl (C=O) groups excluding carboxylic acids is 1. The van der Waals surface area contributed by atoms with Crippen molar-refractivity contribution < 1.29 is 18.8 Å². The maximum atomic E-state index is 12.5. The average Bonchev–Trinajstić information content (AvgIpc) is 3.08. The molecule has 0 aromatic heterocycles. The summed E-state index contributed by atoms with van der Waals surface area (Å²) in [5.41, 5.74) is 0.265. The van der Waals surface area contributed by atoms with Crippen molar-refractivity contribution in [3.05, 3.63) is 34.3 Å². The van der Waals surface area contributed by atoms with Crippen LogP contribution in [0.3, 0.4) is 0 Å². The Bertz CT molecular complexity index is 576. The predicted molar refractivity (Wildman–Crippen MR) is 83.5 cm³/mol. The Morgan fingerprint density at radius 1 is 1.24 bits per heavy atom. The molecule has 0 bridgehead atoms. The van der Waals surface area contributed by atoms with E-state index in [1.807, 2.05) is 24.3 Å². The Balaban J connectivity index is 1.82. The molecule has 0 N–H and O–H groups in total. The monoisotopic (exact) mass is 370 g/mol. The molecule has 3 rings (SSSR count). The van der Waals surface area contributed by atoms with E-state index in [1.54, 1.807) is 0 Å². The second-order valence-electron chi connectivity index (χ2n) is 5.12. The number of ketones is 1. The maximum Gasteiger partial charge on any atom is 0.217 e. The molecule has 112 valence electrons. The highest BCUT2D eigenvalue weighted by Gasteiger charge is 2.50. The summed E-state index contributed by atoms with van der Waals surface area (Å²) in [7, 11) is 1.46. The van der Waals surface area contributed by atoms with Crippen LogP contribution < -0.4 is 0 Å². The van der Waals surface area contributed by atoms with E-state index in [1.165, 1.54) is 7.11 Å². The molecule has 1 saturated carbocycles. The van der Waals surface area contributed by atoms with Crippen LogP contribution in [0, 0.1) is 0 Å². The number of hydrogen-bond acceptors (Lipinski definition) is 5. The summed E-state index contributed by atoms with van der Waals surface area (Å²) < 4.78 is 11.4. The van der Waals surface area contributed by atoms with Gasteiger partial charge < -0.3 is 4.74 Å². The van der Waals surface area contributed by atoms with Crippen molar-refractivity contribution in [2.75, 3.05) is 7.11 Å². The van der Waals surface area contributed by atoms with Crippen LogP contribution in [0.15, 0.2) is 33.6 Å². The minimum atomic E-state index is -0.624. The molecule has 1 aliphatic carbocycles. The first-order valence-electron chi connectivity index (χ1n) is 6.78. The SMILES string of the molecule is COOSc1ccc(C2=C(Br)C(=O)C3(CCCC3)O2)cc1. The van der Waals surface area contributed by atoms with Crippen molar-refractivity contribution in [3.63, 3.8) is 0 Å². The van der Waals surface area contributed by atoms with Gasteiger partial charge in [-0.15, -0.1) is 0 Å². The molecule has 1 aromatic rings. The van der Waals surface area contributed by atoms with Crippen LogP contribution in [0.5, 0.6) is 0 Å². The minimum absolute atomic E-state index is 0.0798. The number of benzene rings is 1. The highest BCUT2D eigenvalue weighted by Crippen LogP contribution is 2.47. The molecule has 2 aliphatic rings. The van der Waals surface area contributed by atoms with Crippen LogP contribution >= 0.6 is 28.0 Å². The molecule has 1 heterocycles. The molecule has 0 unspecified atom stereocenters. The second-order valence-corrected chi connectivity index (χ2v) is 6.69. The van der Waals surface area contributed by atoms with Gasteiger partial charge in [0.2, 0.25) is 5.78 Å². The third-order valence-electron chi connectivity index (χ3n) is 3.84. The lowest BCUT2D eigenvalue weighted by molar-refractivity contribution is -0.160. The summed E-state index contributed by atoms with van der Waals surface area (Å²) in [5, 5.41) is 0. The zero-order valence-electron chi connectivity index (χ0n) is 11.6. The van der Waals surface area contributed by atoms with Gasteiger partial charge in [-0.3, -0.25) is 4.79 Å². The van der Waals surface area contributed by atoms with Crippen molar-refractivity contribution in [2.45, 2.75) is 36.2 Å². The molecule has 0 amide bonds. The molecule has 21 heavy (non-hydrogen) atoms. The molecular weight excluding hydrogens is 356 g/mol. The third kappa shape index (κ3) is 2.77. The average molecular weight is 371 g/mol. The van der Waals surface area contributed by atoms with Crippen LogP contribution in [0.4, 0.5) is 0 Å². The normalized spacial score (nSPS) is 20.4. The molecular formula is C15H15BrO4S. The standard InChI is InChI=1S/C15H15BrO4S/c1-18-20-21-11-6-4-10(5-7-11)13-12(16)14(17)15(19-13)8-2-3-9-15/h4-7H,2-3,8-9H2,1H3. The molecule has 1 aromatic carbocycles. The Hall–Kier alpha value is -0.820. The molecule has 1 spiro atoms. The first-order chi connectivity index (χ1) is 10.2. The summed E-state index contributed by atoms with van der Waals surface area (Å²) in [6.45, 7) is 0. The van der Waals surface area contributed by atoms with Gasteiger partial charge in [-0.05, 0) is 53.7 Å². The molecule has 0 atom stereocenters. The highest BCUT2D eigenvalue weighted by atomic mass is 79.9. The number of carbonyl (C=O) groups is 1. The maximum absolute atomic E-state index is 12.5. The Labute approximate surface area is 136 Å².